The number of aromatic nitrogens is 3. The minimum absolute atomic E-state index is 0.0379. The highest BCUT2D eigenvalue weighted by Gasteiger charge is 2.25. The Kier molecular flexibility index (Phi) is 4.09. The first kappa shape index (κ1) is 14.6. The van der Waals surface area contributed by atoms with Gasteiger partial charge < -0.3 is 14.2 Å². The van der Waals surface area contributed by atoms with Crippen molar-refractivity contribution in [2.45, 2.75) is 25.8 Å². The lowest BCUT2D eigenvalue weighted by Gasteiger charge is -2.33. The molecule has 3 heterocycles. The fourth-order valence-corrected chi connectivity index (χ4v) is 2.91. The molecule has 0 atom stereocenters. The van der Waals surface area contributed by atoms with Crippen LogP contribution in [0.25, 0.3) is 0 Å². The number of hydrogen-bond donors (Lipinski definition) is 0. The first-order valence-electron chi connectivity index (χ1n) is 7.47. The van der Waals surface area contributed by atoms with Gasteiger partial charge in [-0.15, -0.1) is 0 Å². The summed E-state index contributed by atoms with van der Waals surface area (Å²) in [5.74, 6) is 0.557. The molecule has 0 aliphatic carbocycles. The van der Waals surface area contributed by atoms with Gasteiger partial charge >= 0.3 is 0 Å². The van der Waals surface area contributed by atoms with Crippen molar-refractivity contribution in [3.63, 3.8) is 0 Å². The number of amides is 1. The summed E-state index contributed by atoms with van der Waals surface area (Å²) in [6.45, 7) is 3.58. The Hall–Kier alpha value is -2.37. The number of carbonyl (C=O) groups is 1. The number of piperidine rings is 1. The van der Waals surface area contributed by atoms with Crippen molar-refractivity contribution in [2.24, 2.45) is 0 Å². The number of imidazole rings is 1. The second kappa shape index (κ2) is 6.17. The number of rotatable bonds is 3. The largest absolute Gasteiger partial charge is 0.481 e. The smallest absolute Gasteiger partial charge is 0.255 e. The Morgan fingerprint density at radius 3 is 2.59 bits per heavy atom. The van der Waals surface area contributed by atoms with E-state index in [1.807, 2.05) is 17.4 Å². The van der Waals surface area contributed by atoms with Crippen LogP contribution in [0.3, 0.4) is 0 Å². The van der Waals surface area contributed by atoms with Crippen LogP contribution in [0.15, 0.2) is 30.9 Å². The summed E-state index contributed by atoms with van der Waals surface area (Å²) in [4.78, 5) is 22.7. The number of aryl methyl sites for hydroxylation is 1. The topological polar surface area (TPSA) is 60.2 Å². The van der Waals surface area contributed by atoms with Gasteiger partial charge in [-0.05, 0) is 25.8 Å². The summed E-state index contributed by atoms with van der Waals surface area (Å²) in [7, 11) is 1.56. The van der Waals surface area contributed by atoms with E-state index in [2.05, 4.69) is 21.5 Å². The van der Waals surface area contributed by atoms with Gasteiger partial charge in [0.2, 0.25) is 5.88 Å². The molecule has 116 valence electrons. The number of likely N-dealkylation sites (tertiary alicyclic amines) is 1. The normalized spacial score (nSPS) is 15.8. The van der Waals surface area contributed by atoms with Crippen molar-refractivity contribution in [1.82, 2.24) is 19.4 Å². The van der Waals surface area contributed by atoms with Gasteiger partial charge in [0.1, 0.15) is 0 Å². The average Bonchev–Trinajstić information content (AvgIpc) is 3.00. The second-order valence-electron chi connectivity index (χ2n) is 5.55. The lowest BCUT2D eigenvalue weighted by molar-refractivity contribution is 0.0693. The third kappa shape index (κ3) is 2.81. The minimum Gasteiger partial charge on any atom is -0.481 e. The molecule has 6 heteroatoms. The van der Waals surface area contributed by atoms with Crippen LogP contribution in [0.5, 0.6) is 5.88 Å². The molecule has 3 rings (SSSR count). The zero-order valence-electron chi connectivity index (χ0n) is 12.9. The van der Waals surface area contributed by atoms with E-state index in [0.717, 1.165) is 25.9 Å². The van der Waals surface area contributed by atoms with Crippen molar-refractivity contribution in [1.29, 1.82) is 0 Å². The molecule has 0 spiro atoms. The number of carbonyl (C=O) groups excluding carboxylic acids is 1. The highest BCUT2D eigenvalue weighted by atomic mass is 16.5. The first-order chi connectivity index (χ1) is 10.7. The second-order valence-corrected chi connectivity index (χ2v) is 5.55. The number of ether oxygens (including phenoxy) is 1. The van der Waals surface area contributed by atoms with Crippen LogP contribution in [-0.4, -0.2) is 45.5 Å². The fraction of sp³-hybridized carbons (Fsp3) is 0.438. The standard InChI is InChI=1S/C16H20N4O2/c1-12-9-17-11-20(12)14-5-7-19(8-6-14)16(21)13-3-4-15(22-2)18-10-13/h3-4,9-11,14H,5-8H2,1-2H3. The summed E-state index contributed by atoms with van der Waals surface area (Å²) >= 11 is 0. The van der Waals surface area contributed by atoms with E-state index < -0.39 is 0 Å². The monoisotopic (exact) mass is 300 g/mol. The minimum atomic E-state index is 0.0379. The molecule has 0 saturated carbocycles. The lowest BCUT2D eigenvalue weighted by Crippen LogP contribution is -2.39. The molecule has 1 fully saturated rings. The van der Waals surface area contributed by atoms with Crippen molar-refractivity contribution < 1.29 is 9.53 Å². The van der Waals surface area contributed by atoms with Crippen molar-refractivity contribution in [3.8, 4) is 5.88 Å². The van der Waals surface area contributed by atoms with Crippen LogP contribution in [-0.2, 0) is 0 Å². The van der Waals surface area contributed by atoms with Crippen LogP contribution < -0.4 is 4.74 Å². The molecule has 2 aromatic heterocycles. The molecule has 0 N–H and O–H groups in total. The number of pyridine rings is 1. The van der Waals surface area contributed by atoms with Gasteiger partial charge in [-0.3, -0.25) is 4.79 Å². The first-order valence-corrected chi connectivity index (χ1v) is 7.47. The van der Waals surface area contributed by atoms with Crippen molar-refractivity contribution in [3.05, 3.63) is 42.1 Å². The van der Waals surface area contributed by atoms with Gasteiger partial charge in [0.15, 0.2) is 0 Å². The van der Waals surface area contributed by atoms with Gasteiger partial charge in [-0.1, -0.05) is 0 Å². The highest BCUT2D eigenvalue weighted by molar-refractivity contribution is 5.94. The summed E-state index contributed by atoms with van der Waals surface area (Å²) in [6, 6.07) is 3.91. The Labute approximate surface area is 129 Å². The fourth-order valence-electron chi connectivity index (χ4n) is 2.91. The van der Waals surface area contributed by atoms with Crippen LogP contribution in [0.2, 0.25) is 0 Å². The van der Waals surface area contributed by atoms with Gasteiger partial charge in [-0.25, -0.2) is 9.97 Å². The molecule has 1 saturated heterocycles. The van der Waals surface area contributed by atoms with Crippen LogP contribution in [0.4, 0.5) is 0 Å². The van der Waals surface area contributed by atoms with E-state index in [0.29, 0.717) is 17.5 Å². The molecule has 2 aromatic rings. The average molecular weight is 300 g/mol. The van der Waals surface area contributed by atoms with E-state index in [4.69, 9.17) is 4.74 Å². The number of hydrogen-bond acceptors (Lipinski definition) is 4. The van der Waals surface area contributed by atoms with E-state index in [9.17, 15) is 4.79 Å². The van der Waals surface area contributed by atoms with Gasteiger partial charge in [-0.2, -0.15) is 0 Å². The zero-order valence-corrected chi connectivity index (χ0v) is 12.9. The predicted molar refractivity (Wildman–Crippen MR) is 81.9 cm³/mol. The van der Waals surface area contributed by atoms with Gasteiger partial charge in [0.25, 0.3) is 5.91 Å². The summed E-state index contributed by atoms with van der Waals surface area (Å²) in [5.41, 5.74) is 1.78. The summed E-state index contributed by atoms with van der Waals surface area (Å²) in [6.07, 6.45) is 7.23. The Morgan fingerprint density at radius 2 is 2.05 bits per heavy atom. The van der Waals surface area contributed by atoms with Crippen molar-refractivity contribution >= 4 is 5.91 Å². The van der Waals surface area contributed by atoms with Crippen molar-refractivity contribution in [2.75, 3.05) is 20.2 Å². The third-order valence-corrected chi connectivity index (χ3v) is 4.20. The van der Waals surface area contributed by atoms with E-state index >= 15 is 0 Å². The van der Waals surface area contributed by atoms with Gasteiger partial charge in [0, 0.05) is 43.3 Å². The molecule has 0 radical (unpaired) electrons. The molecule has 1 amide bonds. The molecule has 1 aliphatic rings. The van der Waals surface area contributed by atoms with Crippen LogP contribution in [0.1, 0.15) is 34.9 Å². The molecule has 0 bridgehead atoms. The predicted octanol–water partition coefficient (Wildman–Crippen LogP) is 2.07. The maximum Gasteiger partial charge on any atom is 0.255 e. The molecule has 22 heavy (non-hydrogen) atoms. The lowest BCUT2D eigenvalue weighted by atomic mass is 10.0. The maximum absolute atomic E-state index is 12.5. The molecular formula is C16H20N4O2. The number of nitrogens with zero attached hydrogens (tertiary/aromatic N) is 4. The van der Waals surface area contributed by atoms with E-state index in [-0.39, 0.29) is 5.91 Å². The maximum atomic E-state index is 12.5. The molecular weight excluding hydrogens is 280 g/mol. The Bertz CT molecular complexity index is 642. The van der Waals surface area contributed by atoms with Gasteiger partial charge in [0.05, 0.1) is 19.0 Å². The Morgan fingerprint density at radius 1 is 1.27 bits per heavy atom. The van der Waals surface area contributed by atoms with E-state index in [1.54, 1.807) is 25.4 Å². The van der Waals surface area contributed by atoms with Crippen LogP contribution in [0, 0.1) is 6.92 Å². The summed E-state index contributed by atoms with van der Waals surface area (Å²) in [5, 5.41) is 0. The third-order valence-electron chi connectivity index (χ3n) is 4.20. The van der Waals surface area contributed by atoms with E-state index in [1.165, 1.54) is 5.69 Å². The number of methoxy groups -OCH3 is 1. The molecule has 0 unspecified atom stereocenters. The molecule has 0 aromatic carbocycles. The summed E-state index contributed by atoms with van der Waals surface area (Å²) < 4.78 is 7.22. The quantitative estimate of drug-likeness (QED) is 0.870. The SMILES string of the molecule is COc1ccc(C(=O)N2CCC(n3cncc3C)CC2)cn1. The highest BCUT2D eigenvalue weighted by Crippen LogP contribution is 2.24. The zero-order chi connectivity index (χ0) is 15.5. The Balaban J connectivity index is 1.63. The molecule has 1 aliphatic heterocycles. The van der Waals surface area contributed by atoms with Crippen LogP contribution >= 0.6 is 0 Å². The molecule has 6 nitrogen and oxygen atoms in total.